The third-order valence-electron chi connectivity index (χ3n) is 5.25. The molecular weight excluding hydrogens is 341 g/mol. The van der Waals surface area contributed by atoms with Gasteiger partial charge in [-0.25, -0.2) is 4.39 Å². The Morgan fingerprint density at radius 2 is 1.96 bits per heavy atom. The van der Waals surface area contributed by atoms with Gasteiger partial charge in [0.1, 0.15) is 5.82 Å². The van der Waals surface area contributed by atoms with E-state index in [0.29, 0.717) is 18.9 Å². The third-order valence-corrected chi connectivity index (χ3v) is 5.25. The fourth-order valence-electron chi connectivity index (χ4n) is 3.62. The summed E-state index contributed by atoms with van der Waals surface area (Å²) in [5, 5.41) is 0. The fourth-order valence-corrected chi connectivity index (χ4v) is 3.62. The summed E-state index contributed by atoms with van der Waals surface area (Å²) in [6.07, 6.45) is 3.23. The maximum Gasteiger partial charge on any atom is 0.224 e. The van der Waals surface area contributed by atoms with Crippen molar-refractivity contribution in [2.24, 2.45) is 5.92 Å². The number of halogens is 1. The summed E-state index contributed by atoms with van der Waals surface area (Å²) in [4.78, 5) is 21.6. The molecule has 1 aromatic carbocycles. The van der Waals surface area contributed by atoms with Crippen molar-refractivity contribution in [2.75, 3.05) is 19.6 Å². The smallest absolute Gasteiger partial charge is 0.224 e. The Morgan fingerprint density at radius 1 is 1.19 bits per heavy atom. The SMILES string of the molecule is CC(C)[C@@H]1CN(CCc2ccccn2)CCC(=O)N1Cc1ccc(F)cc1. The summed E-state index contributed by atoms with van der Waals surface area (Å²) in [6, 6.07) is 12.6. The Balaban J connectivity index is 1.69. The van der Waals surface area contributed by atoms with Crippen LogP contribution in [0, 0.1) is 11.7 Å². The van der Waals surface area contributed by atoms with Crippen molar-refractivity contribution in [1.29, 1.82) is 0 Å². The highest BCUT2D eigenvalue weighted by molar-refractivity contribution is 5.77. The molecule has 0 aliphatic carbocycles. The molecule has 0 bridgehead atoms. The van der Waals surface area contributed by atoms with Gasteiger partial charge >= 0.3 is 0 Å². The Hall–Kier alpha value is -2.27. The molecule has 1 aliphatic rings. The molecule has 1 fully saturated rings. The molecule has 1 aromatic heterocycles. The number of hydrogen-bond acceptors (Lipinski definition) is 3. The number of rotatable bonds is 6. The average molecular weight is 369 g/mol. The minimum Gasteiger partial charge on any atom is -0.334 e. The summed E-state index contributed by atoms with van der Waals surface area (Å²) in [5.41, 5.74) is 2.05. The van der Waals surface area contributed by atoms with Gasteiger partial charge in [0.25, 0.3) is 0 Å². The van der Waals surface area contributed by atoms with Crippen molar-refractivity contribution < 1.29 is 9.18 Å². The molecule has 144 valence electrons. The van der Waals surface area contributed by atoms with E-state index < -0.39 is 0 Å². The highest BCUT2D eigenvalue weighted by Crippen LogP contribution is 2.21. The first-order valence-corrected chi connectivity index (χ1v) is 9.69. The van der Waals surface area contributed by atoms with Crippen molar-refractivity contribution in [1.82, 2.24) is 14.8 Å². The molecule has 0 radical (unpaired) electrons. The van der Waals surface area contributed by atoms with E-state index in [1.54, 1.807) is 12.1 Å². The van der Waals surface area contributed by atoms with Gasteiger partial charge in [-0.2, -0.15) is 0 Å². The van der Waals surface area contributed by atoms with E-state index in [-0.39, 0.29) is 17.8 Å². The first-order chi connectivity index (χ1) is 13.0. The minimum absolute atomic E-state index is 0.147. The summed E-state index contributed by atoms with van der Waals surface area (Å²) in [6.45, 7) is 7.40. The zero-order valence-corrected chi connectivity index (χ0v) is 16.1. The van der Waals surface area contributed by atoms with Crippen LogP contribution in [-0.4, -0.2) is 46.4 Å². The van der Waals surface area contributed by atoms with Crippen molar-refractivity contribution >= 4 is 5.91 Å². The van der Waals surface area contributed by atoms with Crippen molar-refractivity contribution in [3.8, 4) is 0 Å². The molecule has 0 saturated carbocycles. The van der Waals surface area contributed by atoms with Gasteiger partial charge in [-0.3, -0.25) is 9.78 Å². The largest absolute Gasteiger partial charge is 0.334 e. The molecule has 0 spiro atoms. The van der Waals surface area contributed by atoms with Gasteiger partial charge in [-0.05, 0) is 35.7 Å². The van der Waals surface area contributed by atoms with Gasteiger partial charge in [0.15, 0.2) is 0 Å². The van der Waals surface area contributed by atoms with Crippen LogP contribution in [0.5, 0.6) is 0 Å². The van der Waals surface area contributed by atoms with Gasteiger partial charge in [-0.15, -0.1) is 0 Å². The van der Waals surface area contributed by atoms with Crippen LogP contribution in [0.3, 0.4) is 0 Å². The molecule has 27 heavy (non-hydrogen) atoms. The second-order valence-corrected chi connectivity index (χ2v) is 7.58. The first kappa shape index (κ1) is 19.5. The highest BCUT2D eigenvalue weighted by atomic mass is 19.1. The molecule has 1 atom stereocenters. The average Bonchev–Trinajstić information content (AvgIpc) is 2.82. The molecule has 1 amide bonds. The Kier molecular flexibility index (Phi) is 6.56. The molecule has 0 N–H and O–H groups in total. The molecule has 2 aromatic rings. The topological polar surface area (TPSA) is 36.4 Å². The molecule has 5 heteroatoms. The lowest BCUT2D eigenvalue weighted by molar-refractivity contribution is -0.134. The Labute approximate surface area is 161 Å². The van der Waals surface area contributed by atoms with Crippen LogP contribution in [0.25, 0.3) is 0 Å². The standard InChI is InChI=1S/C22H28FN3O/c1-17(2)21-16-25(13-10-20-5-3-4-12-24-20)14-11-22(27)26(21)15-18-6-8-19(23)9-7-18/h3-9,12,17,21H,10-11,13-16H2,1-2H3/t21-/m0/s1. The monoisotopic (exact) mass is 369 g/mol. The number of benzene rings is 1. The predicted molar refractivity (Wildman–Crippen MR) is 105 cm³/mol. The molecule has 4 nitrogen and oxygen atoms in total. The van der Waals surface area contributed by atoms with Crippen LogP contribution in [0.2, 0.25) is 0 Å². The molecule has 0 unspecified atom stereocenters. The summed E-state index contributed by atoms with van der Waals surface area (Å²) in [7, 11) is 0. The molecule has 1 aliphatic heterocycles. The quantitative estimate of drug-likeness (QED) is 0.782. The Bertz CT molecular complexity index is 733. The van der Waals surface area contributed by atoms with Gasteiger partial charge in [-0.1, -0.05) is 32.0 Å². The van der Waals surface area contributed by atoms with Crippen LogP contribution < -0.4 is 0 Å². The molecule has 3 rings (SSSR count). The van der Waals surface area contributed by atoms with Crippen molar-refractivity contribution in [3.05, 3.63) is 65.7 Å². The van der Waals surface area contributed by atoms with E-state index in [1.165, 1.54) is 12.1 Å². The second kappa shape index (κ2) is 9.09. The van der Waals surface area contributed by atoms with Gasteiger partial charge in [0, 0.05) is 57.0 Å². The third kappa shape index (κ3) is 5.36. The van der Waals surface area contributed by atoms with Crippen LogP contribution in [0.15, 0.2) is 48.7 Å². The number of nitrogens with zero attached hydrogens (tertiary/aromatic N) is 3. The van der Waals surface area contributed by atoms with Crippen molar-refractivity contribution in [2.45, 2.75) is 39.3 Å². The van der Waals surface area contributed by atoms with E-state index in [0.717, 1.165) is 37.3 Å². The van der Waals surface area contributed by atoms with E-state index in [1.807, 2.05) is 29.3 Å². The maximum absolute atomic E-state index is 13.2. The van der Waals surface area contributed by atoms with Crippen LogP contribution >= 0.6 is 0 Å². The summed E-state index contributed by atoms with van der Waals surface area (Å²) in [5.74, 6) is 0.283. The molecule has 2 heterocycles. The zero-order chi connectivity index (χ0) is 19.2. The summed E-state index contributed by atoms with van der Waals surface area (Å²) >= 11 is 0. The zero-order valence-electron chi connectivity index (χ0n) is 16.1. The van der Waals surface area contributed by atoms with Crippen LogP contribution in [0.1, 0.15) is 31.5 Å². The molecular formula is C22H28FN3O. The van der Waals surface area contributed by atoms with Crippen LogP contribution in [-0.2, 0) is 17.8 Å². The highest BCUT2D eigenvalue weighted by Gasteiger charge is 2.31. The van der Waals surface area contributed by atoms with Gasteiger partial charge < -0.3 is 9.80 Å². The number of aromatic nitrogens is 1. The van der Waals surface area contributed by atoms with E-state index >= 15 is 0 Å². The van der Waals surface area contributed by atoms with Crippen LogP contribution in [0.4, 0.5) is 4.39 Å². The number of hydrogen-bond donors (Lipinski definition) is 0. The lowest BCUT2D eigenvalue weighted by Crippen LogP contribution is -2.46. The van der Waals surface area contributed by atoms with Gasteiger partial charge in [0.2, 0.25) is 5.91 Å². The van der Waals surface area contributed by atoms with E-state index in [4.69, 9.17) is 0 Å². The minimum atomic E-state index is -0.248. The predicted octanol–water partition coefficient (Wildman–Crippen LogP) is 3.52. The summed E-state index contributed by atoms with van der Waals surface area (Å²) < 4.78 is 13.2. The van der Waals surface area contributed by atoms with Gasteiger partial charge in [0.05, 0.1) is 0 Å². The lowest BCUT2D eigenvalue weighted by atomic mass is 10.0. The molecule has 1 saturated heterocycles. The number of pyridine rings is 1. The Morgan fingerprint density at radius 3 is 2.63 bits per heavy atom. The van der Waals surface area contributed by atoms with E-state index in [2.05, 4.69) is 23.7 Å². The fraction of sp³-hybridized carbons (Fsp3) is 0.455. The normalized spacial score (nSPS) is 18.7. The first-order valence-electron chi connectivity index (χ1n) is 9.69. The van der Waals surface area contributed by atoms with Crippen molar-refractivity contribution in [3.63, 3.8) is 0 Å². The maximum atomic E-state index is 13.2. The second-order valence-electron chi connectivity index (χ2n) is 7.58. The number of carbonyl (C=O) groups excluding carboxylic acids is 1. The number of carbonyl (C=O) groups is 1. The van der Waals surface area contributed by atoms with E-state index in [9.17, 15) is 9.18 Å². The number of amides is 1. The lowest BCUT2D eigenvalue weighted by Gasteiger charge is -2.35.